The third kappa shape index (κ3) is 24.4. The highest BCUT2D eigenvalue weighted by molar-refractivity contribution is 5.97. The standard InChI is InChI=1S/2C30H33NO5.C29H30FNO4/c1-35-27-10-7-9-24(20-27)22-13-15-23(16-14-22)30(34)31(26-17-18-26)21-25-8-4-5-11-28(25)36-19-6-2-3-12-29(32)33;1-35-27-18-14-23(15-19-27)22-10-12-24(13-11-22)30(34)31(26-16-17-26)21-25-7-4-5-8-28(25)36-20-6-2-3-9-29(32)33;30-26-10-5-4-9-25(26)21-13-15-22(16-14-21)29(34)31(24-17-18-24)20-23-8-3-6-11-27(23)35-19-7-1-2-12-28(32)33/h4-5,7-11,13-16,20,26H,2-3,6,12,17-19,21H2,1H3,(H,32,33);4-5,7-8,10-15,18-19,26H,2-3,6,9,16-17,20-21H2,1H3,(H,32,33);3-6,8-11,13-16,24H,1-2,7,12,17-20H2,(H,32,33)/i2*21D;20D. The molecule has 0 bridgehead atoms. The number of benzene rings is 9. The molecule has 3 aliphatic rings. The summed E-state index contributed by atoms with van der Waals surface area (Å²) in [4.78, 5) is 77.6. The number of carbonyl (C=O) groups excluding carboxylic acids is 3. The van der Waals surface area contributed by atoms with Crippen molar-refractivity contribution in [2.75, 3.05) is 34.0 Å². The highest BCUT2D eigenvalue weighted by Crippen LogP contribution is 2.37. The number of nitrogens with zero attached hydrogens (tertiary/aromatic N) is 3. The van der Waals surface area contributed by atoms with Gasteiger partial charge in [0, 0.05) is 95.9 Å². The number of hydrogen-bond donors (Lipinski definition) is 3. The van der Waals surface area contributed by atoms with Gasteiger partial charge in [-0.1, -0.05) is 133 Å². The van der Waals surface area contributed by atoms with Crippen LogP contribution < -0.4 is 23.7 Å². The zero-order valence-electron chi connectivity index (χ0n) is 63.6. The van der Waals surface area contributed by atoms with E-state index in [-0.39, 0.29) is 60.9 Å². The lowest BCUT2D eigenvalue weighted by Gasteiger charge is -2.24. The second kappa shape index (κ2) is 40.3. The van der Waals surface area contributed by atoms with Crippen LogP contribution in [0.2, 0.25) is 0 Å². The minimum atomic E-state index is -0.931. The third-order valence-corrected chi connectivity index (χ3v) is 18.4. The van der Waals surface area contributed by atoms with Crippen LogP contribution in [0.1, 0.15) is 167 Å². The van der Waals surface area contributed by atoms with E-state index in [2.05, 4.69) is 0 Å². The number of ether oxygens (including phenoxy) is 5. The first kappa shape index (κ1) is 74.0. The molecule has 3 fully saturated rings. The molecule has 12 rings (SSSR count). The number of amides is 3. The zero-order chi connectivity index (χ0) is 77.9. The number of carboxylic acids is 3. The van der Waals surface area contributed by atoms with Crippen LogP contribution in [0.5, 0.6) is 28.7 Å². The van der Waals surface area contributed by atoms with E-state index in [4.69, 9.17) is 43.1 Å². The largest absolute Gasteiger partial charge is 0.497 e. The molecule has 3 N–H and O–H groups in total. The smallest absolute Gasteiger partial charge is 0.303 e. The molecule has 3 aliphatic carbocycles. The molecular weight excluding hydrogens is 1350 g/mol. The van der Waals surface area contributed by atoms with Crippen molar-refractivity contribution in [2.24, 2.45) is 0 Å². The zero-order valence-corrected chi connectivity index (χ0v) is 60.6. The van der Waals surface area contributed by atoms with Crippen LogP contribution in [0.25, 0.3) is 33.4 Å². The summed E-state index contributed by atoms with van der Waals surface area (Å²) in [5.74, 6) is 0.0509. The van der Waals surface area contributed by atoms with Gasteiger partial charge < -0.3 is 53.7 Å². The van der Waals surface area contributed by atoms with Gasteiger partial charge in [0.1, 0.15) is 34.6 Å². The van der Waals surface area contributed by atoms with E-state index in [0.717, 1.165) is 104 Å². The van der Waals surface area contributed by atoms with Crippen molar-refractivity contribution in [1.82, 2.24) is 14.7 Å². The van der Waals surface area contributed by atoms with Crippen LogP contribution in [-0.4, -0.2) is 118 Å². The number of halogens is 1. The average Bonchev–Trinajstić information content (AvgIpc) is 1.60. The number of unbranched alkanes of at least 4 members (excludes halogenated alkanes) is 6. The second-order valence-electron chi connectivity index (χ2n) is 26.7. The minimum Gasteiger partial charge on any atom is -0.497 e. The monoisotopic (exact) mass is 1450 g/mol. The first-order valence-corrected chi connectivity index (χ1v) is 36.8. The van der Waals surface area contributed by atoms with E-state index in [9.17, 15) is 33.2 Å². The Kier molecular flexibility index (Phi) is 27.9. The quantitative estimate of drug-likeness (QED) is 0.0307. The molecule has 9 aromatic rings. The van der Waals surface area contributed by atoms with E-state index in [1.165, 1.54) is 6.07 Å². The molecule has 107 heavy (non-hydrogen) atoms. The molecule has 9 aromatic carbocycles. The maximum Gasteiger partial charge on any atom is 0.303 e. The first-order valence-electron chi connectivity index (χ1n) is 38.5. The fourth-order valence-electron chi connectivity index (χ4n) is 12.0. The molecule has 0 saturated heterocycles. The van der Waals surface area contributed by atoms with Gasteiger partial charge in [-0.3, -0.25) is 28.8 Å². The van der Waals surface area contributed by atoms with Crippen LogP contribution in [0, 0.1) is 5.82 Å². The normalized spacial score (nSPS) is 14.0. The summed E-state index contributed by atoms with van der Waals surface area (Å²) in [5, 5.41) is 26.3. The van der Waals surface area contributed by atoms with Gasteiger partial charge in [0.2, 0.25) is 0 Å². The lowest BCUT2D eigenvalue weighted by Crippen LogP contribution is -2.32. The van der Waals surface area contributed by atoms with E-state index in [0.29, 0.717) is 107 Å². The predicted molar refractivity (Wildman–Crippen MR) is 412 cm³/mol. The van der Waals surface area contributed by atoms with Gasteiger partial charge in [0.15, 0.2) is 0 Å². The van der Waals surface area contributed by atoms with E-state index < -0.39 is 37.5 Å². The number of para-hydroxylation sites is 3. The van der Waals surface area contributed by atoms with E-state index in [1.807, 2.05) is 158 Å². The van der Waals surface area contributed by atoms with Crippen molar-refractivity contribution in [3.8, 4) is 62.1 Å². The Bertz CT molecular complexity index is 4500. The summed E-state index contributed by atoms with van der Waals surface area (Å²) >= 11 is 0. The fraction of sp³-hybridized carbons (Fsp3) is 0.326. The molecular formula is C89H96FN3O14. The molecule has 558 valence electrons. The van der Waals surface area contributed by atoms with Crippen molar-refractivity contribution >= 4 is 35.6 Å². The molecule has 0 aliphatic heterocycles. The van der Waals surface area contributed by atoms with Gasteiger partial charge in [-0.2, -0.15) is 0 Å². The average molecular weight is 1450 g/mol. The molecule has 0 heterocycles. The highest BCUT2D eigenvalue weighted by Gasteiger charge is 2.36. The predicted octanol–water partition coefficient (Wildman–Crippen LogP) is 18.7. The third-order valence-electron chi connectivity index (χ3n) is 18.4. The molecule has 0 radical (unpaired) electrons. The molecule has 0 aromatic heterocycles. The van der Waals surface area contributed by atoms with Gasteiger partial charge in [-0.05, 0) is 209 Å². The number of methoxy groups -OCH3 is 2. The van der Waals surface area contributed by atoms with Crippen molar-refractivity contribution in [1.29, 1.82) is 0 Å². The van der Waals surface area contributed by atoms with Crippen molar-refractivity contribution < 1.29 is 76.3 Å². The Morgan fingerprint density at radius 3 is 1.04 bits per heavy atom. The summed E-state index contributed by atoms with van der Waals surface area (Å²) in [5.41, 5.74) is 8.67. The summed E-state index contributed by atoms with van der Waals surface area (Å²) in [6.07, 6.45) is 12.0. The Morgan fingerprint density at radius 1 is 0.364 bits per heavy atom. The first-order chi connectivity index (χ1) is 53.4. The van der Waals surface area contributed by atoms with Gasteiger partial charge in [0.05, 0.1) is 38.2 Å². The van der Waals surface area contributed by atoms with Crippen LogP contribution in [0.4, 0.5) is 4.39 Å². The molecule has 3 atom stereocenters. The van der Waals surface area contributed by atoms with Crippen molar-refractivity contribution in [3.63, 3.8) is 0 Å². The number of aliphatic carboxylic acids is 3. The van der Waals surface area contributed by atoms with Gasteiger partial charge in [-0.25, -0.2) is 4.39 Å². The van der Waals surface area contributed by atoms with Crippen molar-refractivity contribution in [2.45, 2.75) is 153 Å². The minimum absolute atomic E-state index is 0.00433. The summed E-state index contributed by atoms with van der Waals surface area (Å²) in [6.45, 7) is -1.41. The van der Waals surface area contributed by atoms with E-state index in [1.54, 1.807) is 83.5 Å². The van der Waals surface area contributed by atoms with Crippen LogP contribution in [0.3, 0.4) is 0 Å². The van der Waals surface area contributed by atoms with Gasteiger partial charge in [0.25, 0.3) is 17.7 Å². The maximum absolute atomic E-state index is 14.2. The highest BCUT2D eigenvalue weighted by atomic mass is 19.1. The molecule has 17 nitrogen and oxygen atoms in total. The summed E-state index contributed by atoms with van der Waals surface area (Å²) < 4.78 is 69.6. The Morgan fingerprint density at radius 2 is 0.692 bits per heavy atom. The van der Waals surface area contributed by atoms with Crippen LogP contribution >= 0.6 is 0 Å². The van der Waals surface area contributed by atoms with Crippen LogP contribution in [0.15, 0.2) is 218 Å². The Hall–Kier alpha value is -11.3. The number of rotatable bonds is 38. The van der Waals surface area contributed by atoms with Gasteiger partial charge >= 0.3 is 17.9 Å². The molecule has 3 amide bonds. The fourth-order valence-corrected chi connectivity index (χ4v) is 12.0. The number of hydrogen-bond acceptors (Lipinski definition) is 11. The molecule has 3 unspecified atom stereocenters. The molecule has 0 spiro atoms. The summed E-state index contributed by atoms with van der Waals surface area (Å²) in [6, 6.07) is 66.0. The maximum atomic E-state index is 14.2. The van der Waals surface area contributed by atoms with Gasteiger partial charge in [-0.15, -0.1) is 0 Å². The molecule has 3 saturated carbocycles. The Balaban J connectivity index is 0.000000176. The van der Waals surface area contributed by atoms with Crippen molar-refractivity contribution in [3.05, 3.63) is 258 Å². The number of carboxylic acid groups (broad SMARTS) is 3. The second-order valence-corrected chi connectivity index (χ2v) is 26.7. The summed E-state index contributed by atoms with van der Waals surface area (Å²) in [7, 11) is 3.27. The number of carbonyl (C=O) groups is 6. The lowest BCUT2D eigenvalue weighted by atomic mass is 10.0. The Labute approximate surface area is 630 Å². The SMILES string of the molecule is [2H]C(c1ccccc1OCCCCCC(=O)O)N(C(=O)c1ccc(-c2ccc(OC)cc2)cc1)C1CC1.[2H]C(c1ccccc1OCCCCCC(=O)O)N(C(=O)c1ccc(-c2cccc(OC)c2)cc1)C1CC1.[2H]C(c1ccccc1OCCCCCC(=O)O)N(C(=O)c1ccc(-c2ccccc2F)cc1)C1CC1. The lowest BCUT2D eigenvalue weighted by molar-refractivity contribution is -0.138. The molecule has 18 heteroatoms. The topological polar surface area (TPSA) is 219 Å². The van der Waals surface area contributed by atoms with Crippen LogP contribution in [-0.2, 0) is 33.9 Å². The van der Waals surface area contributed by atoms with E-state index >= 15 is 0 Å².